The third-order valence-electron chi connectivity index (χ3n) is 1.63. The number of aliphatic hydroxyl groups excluding tert-OH is 2. The number of ether oxygens (including phenoxy) is 1. The van der Waals surface area contributed by atoms with E-state index < -0.39 is 6.10 Å². The van der Waals surface area contributed by atoms with Gasteiger partial charge in [0.2, 0.25) is 0 Å². The van der Waals surface area contributed by atoms with E-state index in [1.54, 1.807) is 0 Å². The van der Waals surface area contributed by atoms with Gasteiger partial charge in [-0.25, -0.2) is 0 Å². The Morgan fingerprint density at radius 3 is 2.64 bits per heavy atom. The van der Waals surface area contributed by atoms with Crippen LogP contribution in [0.15, 0.2) is 0 Å². The van der Waals surface area contributed by atoms with Crippen LogP contribution in [0.2, 0.25) is 0 Å². The number of hydrogen-bond acceptors (Lipinski definition) is 5. The Hall–Kier alpha value is -0.650. The molecule has 0 aliphatic carbocycles. The van der Waals surface area contributed by atoms with Gasteiger partial charge in [0.1, 0.15) is 12.7 Å². The first-order chi connectivity index (χ1) is 6.56. The lowest BCUT2D eigenvalue weighted by atomic mass is 10.3. The maximum atomic E-state index is 11.0. The minimum absolute atomic E-state index is 0.128. The molecule has 0 aliphatic rings. The van der Waals surface area contributed by atoms with E-state index in [4.69, 9.17) is 14.9 Å². The van der Waals surface area contributed by atoms with Gasteiger partial charge in [-0.15, -0.1) is 0 Å². The number of esters is 1. The summed E-state index contributed by atoms with van der Waals surface area (Å²) in [5, 5.41) is 17.3. The van der Waals surface area contributed by atoms with Crippen molar-refractivity contribution < 1.29 is 19.7 Å². The van der Waals surface area contributed by atoms with Gasteiger partial charge in [0.25, 0.3) is 0 Å². The van der Waals surface area contributed by atoms with Crippen molar-refractivity contribution in [2.75, 3.05) is 33.9 Å². The van der Waals surface area contributed by atoms with Crippen molar-refractivity contribution in [1.82, 2.24) is 4.90 Å². The quantitative estimate of drug-likeness (QED) is 0.534. The predicted octanol–water partition coefficient (Wildman–Crippen LogP) is -0.775. The molecule has 1 atom stereocenters. The van der Waals surface area contributed by atoms with Crippen molar-refractivity contribution in [3.8, 4) is 0 Å². The second-order valence-electron chi connectivity index (χ2n) is 3.43. The molecule has 5 nitrogen and oxygen atoms in total. The number of rotatable bonds is 7. The van der Waals surface area contributed by atoms with Gasteiger partial charge in [-0.3, -0.25) is 4.79 Å². The molecule has 0 saturated heterocycles. The fraction of sp³-hybridized carbons (Fsp3) is 0.889. The number of hydrogen-bond donors (Lipinski definition) is 2. The normalized spacial score (nSPS) is 12.9. The zero-order valence-corrected chi connectivity index (χ0v) is 8.77. The highest BCUT2D eigenvalue weighted by atomic mass is 16.5. The van der Waals surface area contributed by atoms with Crippen molar-refractivity contribution in [2.45, 2.75) is 18.9 Å². The average Bonchev–Trinajstić information content (AvgIpc) is 2.13. The summed E-state index contributed by atoms with van der Waals surface area (Å²) in [6, 6.07) is 0. The summed E-state index contributed by atoms with van der Waals surface area (Å²) in [6.07, 6.45) is 0.116. The molecule has 14 heavy (non-hydrogen) atoms. The van der Waals surface area contributed by atoms with Gasteiger partial charge < -0.3 is 19.8 Å². The van der Waals surface area contributed by atoms with Crippen molar-refractivity contribution in [3.63, 3.8) is 0 Å². The minimum atomic E-state index is -0.965. The van der Waals surface area contributed by atoms with Gasteiger partial charge in [0, 0.05) is 6.42 Å². The molecule has 0 amide bonds. The number of aliphatic hydroxyl groups is 2. The lowest BCUT2D eigenvalue weighted by Gasteiger charge is -2.10. The van der Waals surface area contributed by atoms with E-state index in [2.05, 4.69) is 0 Å². The van der Waals surface area contributed by atoms with Crippen LogP contribution in [0.5, 0.6) is 0 Å². The molecular formula is C9H19NO4. The van der Waals surface area contributed by atoms with Crippen molar-refractivity contribution >= 4 is 5.97 Å². The monoisotopic (exact) mass is 205 g/mol. The van der Waals surface area contributed by atoms with Crippen LogP contribution in [0.25, 0.3) is 0 Å². The van der Waals surface area contributed by atoms with Gasteiger partial charge in [-0.05, 0) is 27.1 Å². The summed E-state index contributed by atoms with van der Waals surface area (Å²) < 4.78 is 4.71. The fourth-order valence-electron chi connectivity index (χ4n) is 0.854. The molecule has 5 heteroatoms. The maximum Gasteiger partial charge on any atom is 0.305 e. The van der Waals surface area contributed by atoms with E-state index >= 15 is 0 Å². The molecule has 0 aromatic heterocycles. The summed E-state index contributed by atoms with van der Waals surface area (Å²) in [6.45, 7) is 0.319. The molecule has 2 N–H and O–H groups in total. The summed E-state index contributed by atoms with van der Waals surface area (Å²) in [5.74, 6) is -0.334. The Kier molecular flexibility index (Phi) is 7.37. The molecule has 0 aliphatic heterocycles. The largest absolute Gasteiger partial charge is 0.463 e. The lowest BCUT2D eigenvalue weighted by Crippen LogP contribution is -2.22. The van der Waals surface area contributed by atoms with Crippen LogP contribution in [-0.2, 0) is 9.53 Å². The summed E-state index contributed by atoms with van der Waals surface area (Å²) in [5.41, 5.74) is 0. The Morgan fingerprint density at radius 2 is 2.14 bits per heavy atom. The molecule has 0 heterocycles. The molecule has 0 saturated carbocycles. The smallest absolute Gasteiger partial charge is 0.305 e. The predicted molar refractivity (Wildman–Crippen MR) is 51.8 cm³/mol. The standard InChI is InChI=1S/C9H19NO4/c1-10(2)5-3-4-9(13)14-7-8(12)6-11/h8,11-12H,3-7H2,1-2H3/t8-/m1/s1. The molecule has 0 unspecified atom stereocenters. The van der Waals surface area contributed by atoms with Gasteiger partial charge >= 0.3 is 5.97 Å². The van der Waals surface area contributed by atoms with E-state index in [1.807, 2.05) is 19.0 Å². The zero-order valence-electron chi connectivity index (χ0n) is 8.77. The molecular weight excluding hydrogens is 186 g/mol. The maximum absolute atomic E-state index is 11.0. The van der Waals surface area contributed by atoms with Crippen LogP contribution in [-0.4, -0.2) is 61.0 Å². The highest BCUT2D eigenvalue weighted by Gasteiger charge is 2.07. The second kappa shape index (κ2) is 7.73. The summed E-state index contributed by atoms with van der Waals surface area (Å²) in [4.78, 5) is 13.0. The SMILES string of the molecule is CN(C)CCCC(=O)OC[C@H](O)CO. The molecule has 0 aromatic rings. The van der Waals surface area contributed by atoms with Gasteiger partial charge in [0.15, 0.2) is 0 Å². The first-order valence-corrected chi connectivity index (χ1v) is 4.65. The fourth-order valence-corrected chi connectivity index (χ4v) is 0.854. The third-order valence-corrected chi connectivity index (χ3v) is 1.63. The molecule has 84 valence electrons. The van der Waals surface area contributed by atoms with Crippen LogP contribution in [0.4, 0.5) is 0 Å². The molecule has 0 fully saturated rings. The number of carbonyl (C=O) groups is 1. The Bertz CT molecular complexity index is 161. The summed E-state index contributed by atoms with van der Waals surface area (Å²) in [7, 11) is 3.86. The van der Waals surface area contributed by atoms with Crippen LogP contribution in [0.1, 0.15) is 12.8 Å². The van der Waals surface area contributed by atoms with Crippen molar-refractivity contribution in [1.29, 1.82) is 0 Å². The molecule has 0 rings (SSSR count). The Labute approximate surface area is 84.3 Å². The topological polar surface area (TPSA) is 70.0 Å². The van der Waals surface area contributed by atoms with E-state index in [-0.39, 0.29) is 19.2 Å². The van der Waals surface area contributed by atoms with Gasteiger partial charge in [0.05, 0.1) is 6.61 Å². The van der Waals surface area contributed by atoms with E-state index in [9.17, 15) is 4.79 Å². The zero-order chi connectivity index (χ0) is 11.0. The van der Waals surface area contributed by atoms with Gasteiger partial charge in [-0.1, -0.05) is 0 Å². The van der Waals surface area contributed by atoms with Crippen LogP contribution in [0, 0.1) is 0 Å². The summed E-state index contributed by atoms with van der Waals surface area (Å²) >= 11 is 0. The van der Waals surface area contributed by atoms with Crippen LogP contribution < -0.4 is 0 Å². The van der Waals surface area contributed by atoms with Crippen LogP contribution >= 0.6 is 0 Å². The highest BCUT2D eigenvalue weighted by Crippen LogP contribution is 1.95. The van der Waals surface area contributed by atoms with E-state index in [0.717, 1.165) is 13.0 Å². The lowest BCUT2D eigenvalue weighted by molar-refractivity contribution is -0.147. The molecule has 0 aromatic carbocycles. The van der Waals surface area contributed by atoms with E-state index in [1.165, 1.54) is 0 Å². The van der Waals surface area contributed by atoms with Gasteiger partial charge in [-0.2, -0.15) is 0 Å². The first kappa shape index (κ1) is 13.4. The number of nitrogens with zero attached hydrogens (tertiary/aromatic N) is 1. The second-order valence-corrected chi connectivity index (χ2v) is 3.43. The number of carbonyl (C=O) groups excluding carboxylic acids is 1. The minimum Gasteiger partial charge on any atom is -0.463 e. The third kappa shape index (κ3) is 7.97. The highest BCUT2D eigenvalue weighted by molar-refractivity contribution is 5.69. The first-order valence-electron chi connectivity index (χ1n) is 4.65. The molecule has 0 radical (unpaired) electrons. The van der Waals surface area contributed by atoms with Crippen LogP contribution in [0.3, 0.4) is 0 Å². The molecule has 0 spiro atoms. The molecule has 0 bridgehead atoms. The average molecular weight is 205 g/mol. The Morgan fingerprint density at radius 1 is 1.50 bits per heavy atom. The van der Waals surface area contributed by atoms with Crippen molar-refractivity contribution in [2.24, 2.45) is 0 Å². The van der Waals surface area contributed by atoms with Crippen molar-refractivity contribution in [3.05, 3.63) is 0 Å². The van der Waals surface area contributed by atoms with E-state index in [0.29, 0.717) is 6.42 Å². The Balaban J connectivity index is 3.37.